The summed E-state index contributed by atoms with van der Waals surface area (Å²) in [6, 6.07) is 16.1. The fraction of sp³-hybridized carbons (Fsp3) is 0.464. The van der Waals surface area contributed by atoms with E-state index < -0.39 is 12.1 Å². The lowest BCUT2D eigenvalue weighted by Gasteiger charge is -2.28. The lowest BCUT2D eigenvalue weighted by molar-refractivity contribution is -0.139. The Morgan fingerprint density at radius 2 is 1.71 bits per heavy atom. The van der Waals surface area contributed by atoms with E-state index in [2.05, 4.69) is 29.6 Å². The number of alkyl carbamates (subject to hydrolysis) is 1. The minimum atomic E-state index is -0.755. The van der Waals surface area contributed by atoms with Crippen LogP contribution in [0.1, 0.15) is 49.7 Å². The second kappa shape index (κ2) is 9.72. The van der Waals surface area contributed by atoms with Gasteiger partial charge in [0, 0.05) is 31.5 Å². The molecule has 0 radical (unpaired) electrons. The van der Waals surface area contributed by atoms with Gasteiger partial charge in [-0.25, -0.2) is 4.79 Å². The van der Waals surface area contributed by atoms with Gasteiger partial charge in [0.15, 0.2) is 0 Å². The molecular formula is C28H32N2O5. The third kappa shape index (κ3) is 4.64. The lowest BCUT2D eigenvalue weighted by Crippen LogP contribution is -2.43. The maximum atomic E-state index is 12.9. The Balaban J connectivity index is 1.16. The Labute approximate surface area is 205 Å². The van der Waals surface area contributed by atoms with Crippen molar-refractivity contribution in [1.29, 1.82) is 0 Å². The summed E-state index contributed by atoms with van der Waals surface area (Å²) in [6.07, 6.45) is 1.93. The van der Waals surface area contributed by atoms with Crippen LogP contribution >= 0.6 is 0 Å². The molecule has 2 aliphatic carbocycles. The largest absolute Gasteiger partial charge is 0.481 e. The number of nitrogens with one attached hydrogen (secondary N) is 1. The highest BCUT2D eigenvalue weighted by atomic mass is 16.5. The zero-order valence-electron chi connectivity index (χ0n) is 20.0. The predicted octanol–water partition coefficient (Wildman–Crippen LogP) is 4.26. The molecule has 5 rings (SSSR count). The second-order valence-corrected chi connectivity index (χ2v) is 9.98. The van der Waals surface area contributed by atoms with Crippen LogP contribution in [0.2, 0.25) is 0 Å². The molecule has 3 aliphatic rings. The number of carbonyl (C=O) groups is 3. The van der Waals surface area contributed by atoms with Crippen molar-refractivity contribution in [3.8, 4) is 11.1 Å². The molecule has 2 N–H and O–H groups in total. The fourth-order valence-electron chi connectivity index (χ4n) is 6.05. The Morgan fingerprint density at radius 1 is 1.06 bits per heavy atom. The number of carboxylic acids is 1. The molecule has 1 heterocycles. The van der Waals surface area contributed by atoms with Crippen LogP contribution < -0.4 is 5.32 Å². The maximum Gasteiger partial charge on any atom is 0.407 e. The Bertz CT molecular complexity index is 1090. The van der Waals surface area contributed by atoms with Crippen LogP contribution in [0.15, 0.2) is 48.5 Å². The maximum absolute atomic E-state index is 12.9. The van der Waals surface area contributed by atoms with Gasteiger partial charge in [-0.2, -0.15) is 0 Å². The number of carboxylic acid groups (broad SMARTS) is 1. The van der Waals surface area contributed by atoms with Crippen molar-refractivity contribution in [3.05, 3.63) is 59.7 Å². The first kappa shape index (κ1) is 23.4. The Kier molecular flexibility index (Phi) is 6.50. The van der Waals surface area contributed by atoms with Gasteiger partial charge in [-0.05, 0) is 46.9 Å². The van der Waals surface area contributed by atoms with E-state index in [1.165, 1.54) is 11.1 Å². The van der Waals surface area contributed by atoms with Crippen molar-refractivity contribution in [2.75, 3.05) is 19.7 Å². The number of piperidine rings is 1. The number of hydrogen-bond acceptors (Lipinski definition) is 4. The topological polar surface area (TPSA) is 95.9 Å². The molecule has 4 atom stereocenters. The molecule has 2 aromatic rings. The monoisotopic (exact) mass is 476 g/mol. The van der Waals surface area contributed by atoms with Gasteiger partial charge < -0.3 is 20.1 Å². The molecule has 7 heteroatoms. The first-order chi connectivity index (χ1) is 17.0. The minimum absolute atomic E-state index is 0.0126. The van der Waals surface area contributed by atoms with E-state index in [1.807, 2.05) is 31.2 Å². The summed E-state index contributed by atoms with van der Waals surface area (Å²) in [5, 5.41) is 12.2. The summed E-state index contributed by atoms with van der Waals surface area (Å²) >= 11 is 0. The van der Waals surface area contributed by atoms with Crippen molar-refractivity contribution < 1.29 is 24.2 Å². The number of hydrogen-bond donors (Lipinski definition) is 2. The summed E-state index contributed by atoms with van der Waals surface area (Å²) in [7, 11) is 0. The minimum Gasteiger partial charge on any atom is -0.481 e. The molecule has 35 heavy (non-hydrogen) atoms. The Hall–Kier alpha value is -3.35. The van der Waals surface area contributed by atoms with E-state index in [-0.39, 0.29) is 48.6 Å². The van der Waals surface area contributed by atoms with Crippen molar-refractivity contribution in [1.82, 2.24) is 10.2 Å². The van der Waals surface area contributed by atoms with Crippen LogP contribution in [0.25, 0.3) is 11.1 Å². The number of fused-ring (bicyclic) bond motifs is 4. The molecule has 1 saturated heterocycles. The number of carbonyl (C=O) groups excluding carboxylic acids is 2. The lowest BCUT2D eigenvalue weighted by atomic mass is 9.98. The summed E-state index contributed by atoms with van der Waals surface area (Å²) in [5.41, 5.74) is 4.67. The number of nitrogens with zero attached hydrogens (tertiary/aromatic N) is 1. The summed E-state index contributed by atoms with van der Waals surface area (Å²) < 4.78 is 5.67. The highest BCUT2D eigenvalue weighted by molar-refractivity contribution is 5.80. The number of rotatable bonds is 8. The van der Waals surface area contributed by atoms with Gasteiger partial charge >= 0.3 is 12.1 Å². The highest BCUT2D eigenvalue weighted by Gasteiger charge is 2.57. The zero-order chi connectivity index (χ0) is 24.5. The molecule has 7 nitrogen and oxygen atoms in total. The Morgan fingerprint density at radius 3 is 2.34 bits per heavy atom. The number of likely N-dealkylation sites (tertiary alicyclic amines) is 1. The molecule has 2 amide bonds. The highest BCUT2D eigenvalue weighted by Crippen LogP contribution is 2.51. The van der Waals surface area contributed by atoms with Gasteiger partial charge in [0.2, 0.25) is 5.91 Å². The van der Waals surface area contributed by atoms with E-state index >= 15 is 0 Å². The molecular weight excluding hydrogens is 444 g/mol. The van der Waals surface area contributed by atoms with E-state index in [0.29, 0.717) is 19.5 Å². The first-order valence-corrected chi connectivity index (χ1v) is 12.6. The van der Waals surface area contributed by atoms with Gasteiger partial charge in [0.1, 0.15) is 6.61 Å². The number of aliphatic carboxylic acids is 1. The zero-order valence-corrected chi connectivity index (χ0v) is 20.0. The molecule has 1 unspecified atom stereocenters. The van der Waals surface area contributed by atoms with Crippen LogP contribution in [-0.2, 0) is 14.3 Å². The van der Waals surface area contributed by atoms with Crippen molar-refractivity contribution in [2.24, 2.45) is 17.8 Å². The summed E-state index contributed by atoms with van der Waals surface area (Å²) in [4.78, 5) is 38.7. The van der Waals surface area contributed by atoms with Crippen LogP contribution in [0.5, 0.6) is 0 Å². The van der Waals surface area contributed by atoms with E-state index in [4.69, 9.17) is 4.74 Å². The number of ether oxygens (including phenoxy) is 1. The van der Waals surface area contributed by atoms with Gasteiger partial charge in [-0.1, -0.05) is 61.9 Å². The number of benzene rings is 2. The van der Waals surface area contributed by atoms with Crippen molar-refractivity contribution >= 4 is 18.0 Å². The van der Waals surface area contributed by atoms with Crippen molar-refractivity contribution in [3.63, 3.8) is 0 Å². The quantitative estimate of drug-likeness (QED) is 0.593. The van der Waals surface area contributed by atoms with Gasteiger partial charge in [-0.3, -0.25) is 9.59 Å². The summed E-state index contributed by atoms with van der Waals surface area (Å²) in [6.45, 7) is 3.35. The molecule has 0 spiro atoms. The number of amides is 2. The fourth-order valence-corrected chi connectivity index (χ4v) is 6.05. The van der Waals surface area contributed by atoms with E-state index in [1.54, 1.807) is 4.90 Å². The molecule has 2 fully saturated rings. The third-order valence-corrected chi connectivity index (χ3v) is 7.86. The molecule has 0 bridgehead atoms. The summed E-state index contributed by atoms with van der Waals surface area (Å²) in [5.74, 6) is -0.821. The van der Waals surface area contributed by atoms with Gasteiger partial charge in [-0.15, -0.1) is 0 Å². The van der Waals surface area contributed by atoms with Crippen LogP contribution in [0.3, 0.4) is 0 Å². The average Bonchev–Trinajstić information content (AvgIpc) is 3.50. The van der Waals surface area contributed by atoms with E-state index in [9.17, 15) is 19.5 Å². The molecule has 1 saturated carbocycles. The van der Waals surface area contributed by atoms with E-state index in [0.717, 1.165) is 24.0 Å². The van der Waals surface area contributed by atoms with Crippen LogP contribution in [0, 0.1) is 17.8 Å². The second-order valence-electron chi connectivity index (χ2n) is 9.98. The van der Waals surface area contributed by atoms with Crippen LogP contribution in [0.4, 0.5) is 4.79 Å². The standard InChI is InChI=1S/C28H32N2O5/c1-2-7-17(14-25(31)30-13-12-22-23(15-30)26(22)27(32)33)29-28(34)35-16-24-20-10-5-3-8-18(20)19-9-4-6-11-21(19)24/h3-6,8-11,17,22-24,26H,2,7,12-16H2,1H3,(H,29,34)(H,32,33)/t17-,22+,23-,26?/m0/s1. The molecule has 184 valence electrons. The third-order valence-electron chi connectivity index (χ3n) is 7.86. The average molecular weight is 477 g/mol. The van der Waals surface area contributed by atoms with Gasteiger partial charge in [0.05, 0.1) is 5.92 Å². The smallest absolute Gasteiger partial charge is 0.407 e. The van der Waals surface area contributed by atoms with Crippen molar-refractivity contribution in [2.45, 2.75) is 44.6 Å². The first-order valence-electron chi connectivity index (χ1n) is 12.6. The molecule has 0 aromatic heterocycles. The van der Waals surface area contributed by atoms with Crippen LogP contribution in [-0.4, -0.2) is 53.7 Å². The normalized spacial score (nSPS) is 23.0. The molecule has 2 aromatic carbocycles. The van der Waals surface area contributed by atoms with Gasteiger partial charge in [0.25, 0.3) is 0 Å². The molecule has 1 aliphatic heterocycles. The SMILES string of the molecule is CCC[C@@H](CC(=O)N1CC[C@H]2C(C(=O)O)[C@H]2C1)NC(=O)OCC1c2ccccc2-c2ccccc21. The predicted molar refractivity (Wildman–Crippen MR) is 131 cm³/mol.